The first kappa shape index (κ1) is 34.1. The molecule has 11 heteroatoms. The molecule has 0 saturated carbocycles. The average Bonchev–Trinajstić information content (AvgIpc) is 3.51. The minimum Gasteiger partial charge on any atom is -0.354 e. The van der Waals surface area contributed by atoms with Gasteiger partial charge in [0.05, 0.1) is 12.2 Å². The summed E-state index contributed by atoms with van der Waals surface area (Å²) in [4.78, 5) is 23.3. The molecular weight excluding hydrogens is 667 g/mol. The lowest BCUT2D eigenvalue weighted by atomic mass is 9.97. The fourth-order valence-electron chi connectivity index (χ4n) is 6.93. The van der Waals surface area contributed by atoms with E-state index in [1.54, 1.807) is 4.90 Å². The number of aryl methyl sites for hydroxylation is 1. The zero-order valence-corrected chi connectivity index (χ0v) is 29.6. The molecule has 0 atom stereocenters. The Morgan fingerprint density at radius 3 is 2.24 bits per heavy atom. The van der Waals surface area contributed by atoms with E-state index in [0.717, 1.165) is 104 Å². The first-order valence-electron chi connectivity index (χ1n) is 17.3. The van der Waals surface area contributed by atoms with Crippen molar-refractivity contribution < 1.29 is 4.79 Å². The van der Waals surface area contributed by atoms with Gasteiger partial charge in [0.2, 0.25) is 0 Å². The molecule has 1 fully saturated rings. The van der Waals surface area contributed by atoms with E-state index in [9.17, 15) is 4.79 Å². The fraction of sp³-hybridized carbons (Fsp3) is 0.308. The number of amides is 2. The lowest BCUT2D eigenvalue weighted by Crippen LogP contribution is -2.47. The molecule has 1 saturated heterocycles. The number of halogens is 2. The number of fused-ring (bicyclic) bond motifs is 1. The highest BCUT2D eigenvalue weighted by Crippen LogP contribution is 2.36. The van der Waals surface area contributed by atoms with E-state index in [4.69, 9.17) is 34.0 Å². The number of hydrogen-bond donors (Lipinski definition) is 2. The second kappa shape index (κ2) is 15.6. The Hall–Kier alpha value is -4.41. The summed E-state index contributed by atoms with van der Waals surface area (Å²) in [5.74, 6) is 1.05. The van der Waals surface area contributed by atoms with Gasteiger partial charge in [-0.05, 0) is 59.5 Å². The molecular formula is C39H42Cl2N8O. The average molecular weight is 710 g/mol. The van der Waals surface area contributed by atoms with Crippen LogP contribution in [0.2, 0.25) is 10.0 Å². The van der Waals surface area contributed by atoms with Gasteiger partial charge in [0, 0.05) is 104 Å². The summed E-state index contributed by atoms with van der Waals surface area (Å²) >= 11 is 12.8. The van der Waals surface area contributed by atoms with E-state index < -0.39 is 6.03 Å². The quantitative estimate of drug-likeness (QED) is 0.156. The first-order valence-corrected chi connectivity index (χ1v) is 18.0. The molecule has 0 spiro atoms. The maximum Gasteiger partial charge on any atom is 0.315 e. The van der Waals surface area contributed by atoms with Gasteiger partial charge < -0.3 is 20.9 Å². The Bertz CT molecular complexity index is 1910. The van der Waals surface area contributed by atoms with Crippen molar-refractivity contribution in [2.75, 3.05) is 44.2 Å². The number of urea groups is 1. The predicted molar refractivity (Wildman–Crippen MR) is 201 cm³/mol. The molecule has 258 valence electrons. The van der Waals surface area contributed by atoms with Crippen LogP contribution < -0.4 is 16.0 Å². The molecule has 50 heavy (non-hydrogen) atoms. The first-order chi connectivity index (χ1) is 24.4. The standard InChI is InChI=1S/C39H42Cl2N8O/c40-32-12-7-29(8-13-32)26-43-25-28-5-9-30(10-6-28)33-24-31(11-14-35(33)41)38-34-27-48(39(42)50)19-15-36(34)49(45-38)18-3-17-46-20-22-47(23-21-46)37-4-1-2-16-44-37/h1-2,4-14,16,24,43H,3,15,17-23,25-27H2,(H2,42,50). The van der Waals surface area contributed by atoms with Crippen molar-refractivity contribution in [3.05, 3.63) is 124 Å². The maximum absolute atomic E-state index is 12.2. The van der Waals surface area contributed by atoms with Crippen LogP contribution >= 0.6 is 23.2 Å². The van der Waals surface area contributed by atoms with Gasteiger partial charge in [-0.25, -0.2) is 9.78 Å². The van der Waals surface area contributed by atoms with E-state index in [0.29, 0.717) is 18.1 Å². The molecule has 2 aliphatic heterocycles. The Labute approximate surface area is 303 Å². The molecule has 0 unspecified atom stereocenters. The van der Waals surface area contributed by atoms with Crippen molar-refractivity contribution >= 4 is 35.1 Å². The number of piperazine rings is 1. The SMILES string of the molecule is NC(=O)N1CCc2c(c(-c3ccc(Cl)c(-c4ccc(CNCc5ccc(Cl)cc5)cc4)c3)nn2CCCN2CCN(c3ccccn3)CC2)C1. The van der Waals surface area contributed by atoms with Crippen LogP contribution in [0.15, 0.2) is 91.1 Å². The number of nitrogens with two attached hydrogens (primary N) is 1. The van der Waals surface area contributed by atoms with Crippen molar-refractivity contribution in [3.8, 4) is 22.4 Å². The molecule has 3 aromatic carbocycles. The van der Waals surface area contributed by atoms with E-state index in [-0.39, 0.29) is 0 Å². The molecule has 0 bridgehead atoms. The highest BCUT2D eigenvalue weighted by atomic mass is 35.5. The van der Waals surface area contributed by atoms with Crippen molar-refractivity contribution in [3.63, 3.8) is 0 Å². The minimum absolute atomic E-state index is 0.404. The highest BCUT2D eigenvalue weighted by Gasteiger charge is 2.28. The molecule has 0 radical (unpaired) electrons. The number of nitrogens with zero attached hydrogens (tertiary/aromatic N) is 6. The lowest BCUT2D eigenvalue weighted by molar-refractivity contribution is 0.201. The number of benzene rings is 3. The van der Waals surface area contributed by atoms with Gasteiger partial charge in [-0.15, -0.1) is 0 Å². The van der Waals surface area contributed by atoms with E-state index in [1.165, 1.54) is 16.8 Å². The van der Waals surface area contributed by atoms with Gasteiger partial charge in [0.1, 0.15) is 5.82 Å². The van der Waals surface area contributed by atoms with Crippen molar-refractivity contribution in [1.29, 1.82) is 0 Å². The Morgan fingerprint density at radius 2 is 1.54 bits per heavy atom. The van der Waals surface area contributed by atoms with Crippen molar-refractivity contribution in [2.24, 2.45) is 5.73 Å². The van der Waals surface area contributed by atoms with Crippen molar-refractivity contribution in [1.82, 2.24) is 29.9 Å². The number of nitrogens with one attached hydrogen (secondary N) is 1. The molecule has 3 N–H and O–H groups in total. The molecule has 2 aliphatic rings. The smallest absolute Gasteiger partial charge is 0.315 e. The number of carbonyl (C=O) groups is 1. The lowest BCUT2D eigenvalue weighted by Gasteiger charge is -2.35. The zero-order chi connectivity index (χ0) is 34.5. The van der Waals surface area contributed by atoms with Gasteiger partial charge in [0.25, 0.3) is 0 Å². The molecule has 5 aromatic rings. The molecule has 9 nitrogen and oxygen atoms in total. The number of pyridine rings is 1. The summed E-state index contributed by atoms with van der Waals surface area (Å²) in [6, 6.07) is 28.1. The Balaban J connectivity index is 1.04. The number of anilines is 1. The van der Waals surface area contributed by atoms with E-state index in [2.05, 4.69) is 61.2 Å². The Morgan fingerprint density at radius 1 is 0.820 bits per heavy atom. The van der Waals surface area contributed by atoms with Crippen LogP contribution in [-0.2, 0) is 32.6 Å². The van der Waals surface area contributed by atoms with Crippen LogP contribution in [0.1, 0.15) is 28.8 Å². The fourth-order valence-corrected chi connectivity index (χ4v) is 7.28. The van der Waals surface area contributed by atoms with Crippen LogP contribution in [0.25, 0.3) is 22.4 Å². The number of carbonyl (C=O) groups excluding carboxylic acids is 1. The summed E-state index contributed by atoms with van der Waals surface area (Å²) in [5.41, 5.74) is 14.2. The van der Waals surface area contributed by atoms with Crippen LogP contribution in [0, 0.1) is 0 Å². The van der Waals surface area contributed by atoms with Gasteiger partial charge >= 0.3 is 6.03 Å². The van der Waals surface area contributed by atoms with E-state index >= 15 is 0 Å². The molecule has 2 aromatic heterocycles. The molecule has 4 heterocycles. The second-order valence-corrected chi connectivity index (χ2v) is 13.8. The summed E-state index contributed by atoms with van der Waals surface area (Å²) in [6.07, 6.45) is 3.57. The van der Waals surface area contributed by atoms with Crippen molar-refractivity contribution in [2.45, 2.75) is 39.0 Å². The Kier molecular flexibility index (Phi) is 10.7. The van der Waals surface area contributed by atoms with E-state index in [1.807, 2.05) is 54.7 Å². The van der Waals surface area contributed by atoms with Gasteiger partial charge in [-0.2, -0.15) is 5.10 Å². The number of hydrogen-bond acceptors (Lipinski definition) is 6. The summed E-state index contributed by atoms with van der Waals surface area (Å²) in [6.45, 7) is 8.36. The van der Waals surface area contributed by atoms with Crippen LogP contribution in [0.3, 0.4) is 0 Å². The third-order valence-electron chi connectivity index (χ3n) is 9.71. The molecule has 0 aliphatic carbocycles. The van der Waals surface area contributed by atoms with Gasteiger partial charge in [-0.3, -0.25) is 9.58 Å². The predicted octanol–water partition coefficient (Wildman–Crippen LogP) is 6.86. The highest BCUT2D eigenvalue weighted by molar-refractivity contribution is 6.33. The third kappa shape index (κ3) is 7.97. The topological polar surface area (TPSA) is 95.5 Å². The van der Waals surface area contributed by atoms with Gasteiger partial charge in [0.15, 0.2) is 0 Å². The third-order valence-corrected chi connectivity index (χ3v) is 10.3. The minimum atomic E-state index is -0.404. The molecule has 2 amide bonds. The maximum atomic E-state index is 12.2. The normalized spacial score (nSPS) is 14.9. The summed E-state index contributed by atoms with van der Waals surface area (Å²) < 4.78 is 2.16. The second-order valence-electron chi connectivity index (χ2n) is 13.0. The monoisotopic (exact) mass is 708 g/mol. The summed E-state index contributed by atoms with van der Waals surface area (Å²) in [7, 11) is 0. The number of rotatable bonds is 11. The zero-order valence-electron chi connectivity index (χ0n) is 28.1. The van der Waals surface area contributed by atoms with Crippen LogP contribution in [-0.4, -0.2) is 69.9 Å². The summed E-state index contributed by atoms with van der Waals surface area (Å²) in [5, 5.41) is 10.1. The van der Waals surface area contributed by atoms with Crippen LogP contribution in [0.4, 0.5) is 10.6 Å². The largest absolute Gasteiger partial charge is 0.354 e. The van der Waals surface area contributed by atoms with Gasteiger partial charge in [-0.1, -0.05) is 71.7 Å². The number of primary amides is 1. The number of aromatic nitrogens is 3. The molecule has 7 rings (SSSR count). The van der Waals surface area contributed by atoms with Crippen LogP contribution in [0.5, 0.6) is 0 Å².